The third-order valence-corrected chi connectivity index (χ3v) is 2.49. The van der Waals surface area contributed by atoms with E-state index in [2.05, 4.69) is 4.72 Å². The van der Waals surface area contributed by atoms with Gasteiger partial charge < -0.3 is 4.74 Å². The van der Waals surface area contributed by atoms with E-state index in [9.17, 15) is 13.2 Å². The maximum Gasteiger partial charge on any atom is 0.338 e. The molecule has 0 unspecified atom stereocenters. The standard InChI is InChI=1S/C10H12ClNO4S/c1-17(14,15)12-9-4-2-8(3-5-9)10(13)16-7-6-11/h2-5,12H,6-7H2,1H3. The summed E-state index contributed by atoms with van der Waals surface area (Å²) < 4.78 is 29.0. The maximum absolute atomic E-state index is 11.4. The summed E-state index contributed by atoms with van der Waals surface area (Å²) in [5, 5.41) is 0. The molecule has 0 amide bonds. The summed E-state index contributed by atoms with van der Waals surface area (Å²) in [6, 6.07) is 5.92. The molecule has 0 aliphatic heterocycles. The first kappa shape index (κ1) is 13.8. The minimum absolute atomic E-state index is 0.143. The van der Waals surface area contributed by atoms with Crippen LogP contribution >= 0.6 is 11.6 Å². The minimum atomic E-state index is -3.31. The number of sulfonamides is 1. The Morgan fingerprint density at radius 2 is 1.94 bits per heavy atom. The minimum Gasteiger partial charge on any atom is -0.461 e. The van der Waals surface area contributed by atoms with Crippen LogP contribution in [0.2, 0.25) is 0 Å². The first-order valence-corrected chi connectivity index (χ1v) is 7.16. The van der Waals surface area contributed by atoms with Crippen LogP contribution in [0.5, 0.6) is 0 Å². The monoisotopic (exact) mass is 277 g/mol. The lowest BCUT2D eigenvalue weighted by atomic mass is 10.2. The number of ether oxygens (including phenoxy) is 1. The van der Waals surface area contributed by atoms with Crippen molar-refractivity contribution in [1.82, 2.24) is 0 Å². The zero-order chi connectivity index (χ0) is 12.9. The van der Waals surface area contributed by atoms with Crippen LogP contribution in [0.1, 0.15) is 10.4 Å². The normalized spacial score (nSPS) is 10.9. The van der Waals surface area contributed by atoms with Gasteiger partial charge in [-0.1, -0.05) is 0 Å². The number of hydrogen-bond acceptors (Lipinski definition) is 4. The highest BCUT2D eigenvalue weighted by atomic mass is 35.5. The van der Waals surface area contributed by atoms with Crippen LogP contribution in [-0.4, -0.2) is 33.1 Å². The number of esters is 1. The molecular formula is C10H12ClNO4S. The fourth-order valence-electron chi connectivity index (χ4n) is 1.10. The van der Waals surface area contributed by atoms with Crippen LogP contribution in [0.15, 0.2) is 24.3 Å². The summed E-state index contributed by atoms with van der Waals surface area (Å²) in [7, 11) is -3.31. The molecule has 0 heterocycles. The van der Waals surface area contributed by atoms with Gasteiger partial charge in [-0.3, -0.25) is 4.72 Å². The summed E-state index contributed by atoms with van der Waals surface area (Å²) in [5.74, 6) is -0.254. The Labute approximate surface area is 105 Å². The average molecular weight is 278 g/mol. The van der Waals surface area contributed by atoms with Crippen molar-refractivity contribution in [2.45, 2.75) is 0 Å². The number of halogens is 1. The number of hydrogen-bond donors (Lipinski definition) is 1. The van der Waals surface area contributed by atoms with E-state index in [0.717, 1.165) is 6.26 Å². The van der Waals surface area contributed by atoms with E-state index in [0.29, 0.717) is 11.3 Å². The molecule has 0 fully saturated rings. The van der Waals surface area contributed by atoms with Crippen LogP contribution in [0, 0.1) is 0 Å². The largest absolute Gasteiger partial charge is 0.461 e. The van der Waals surface area contributed by atoms with Crippen LogP contribution < -0.4 is 4.72 Å². The van der Waals surface area contributed by atoms with Gasteiger partial charge in [0, 0.05) is 5.69 Å². The van der Waals surface area contributed by atoms with E-state index in [-0.39, 0.29) is 12.5 Å². The lowest BCUT2D eigenvalue weighted by Gasteiger charge is -2.05. The second-order valence-electron chi connectivity index (χ2n) is 3.28. The second-order valence-corrected chi connectivity index (χ2v) is 5.40. The second kappa shape index (κ2) is 5.88. The molecule has 0 saturated carbocycles. The highest BCUT2D eigenvalue weighted by molar-refractivity contribution is 7.92. The molecule has 0 radical (unpaired) electrons. The zero-order valence-corrected chi connectivity index (χ0v) is 10.7. The summed E-state index contributed by atoms with van der Waals surface area (Å²) in [6.07, 6.45) is 1.05. The maximum atomic E-state index is 11.4. The molecule has 5 nitrogen and oxygen atoms in total. The van der Waals surface area contributed by atoms with Gasteiger partial charge >= 0.3 is 5.97 Å². The van der Waals surface area contributed by atoms with Gasteiger partial charge in [-0.05, 0) is 24.3 Å². The summed E-state index contributed by atoms with van der Waals surface area (Å²) in [6.45, 7) is 0.143. The number of nitrogens with one attached hydrogen (secondary N) is 1. The Morgan fingerprint density at radius 3 is 2.41 bits per heavy atom. The molecule has 0 bridgehead atoms. The Hall–Kier alpha value is -1.27. The van der Waals surface area contributed by atoms with E-state index in [1.807, 2.05) is 0 Å². The van der Waals surface area contributed by atoms with Crippen molar-refractivity contribution < 1.29 is 17.9 Å². The highest BCUT2D eigenvalue weighted by Crippen LogP contribution is 2.11. The van der Waals surface area contributed by atoms with Gasteiger partial charge in [0.25, 0.3) is 0 Å². The third kappa shape index (κ3) is 5.06. The molecule has 1 aromatic rings. The molecule has 1 N–H and O–H groups in total. The van der Waals surface area contributed by atoms with E-state index in [4.69, 9.17) is 16.3 Å². The average Bonchev–Trinajstić information content (AvgIpc) is 2.24. The number of anilines is 1. The van der Waals surface area contributed by atoms with Crippen LogP contribution in [0.3, 0.4) is 0 Å². The first-order valence-electron chi connectivity index (χ1n) is 4.73. The van der Waals surface area contributed by atoms with Gasteiger partial charge in [0.05, 0.1) is 17.7 Å². The number of carbonyl (C=O) groups is 1. The van der Waals surface area contributed by atoms with Gasteiger partial charge in [0.2, 0.25) is 10.0 Å². The van der Waals surface area contributed by atoms with E-state index in [1.54, 1.807) is 0 Å². The predicted molar refractivity (Wildman–Crippen MR) is 65.9 cm³/mol. The molecule has 0 aliphatic carbocycles. The molecule has 0 spiro atoms. The smallest absolute Gasteiger partial charge is 0.338 e. The van der Waals surface area contributed by atoms with E-state index >= 15 is 0 Å². The molecular weight excluding hydrogens is 266 g/mol. The van der Waals surface area contributed by atoms with Gasteiger partial charge in [-0.15, -0.1) is 11.6 Å². The van der Waals surface area contributed by atoms with Crippen molar-refractivity contribution in [3.8, 4) is 0 Å². The van der Waals surface area contributed by atoms with Crippen LogP contribution in [0.25, 0.3) is 0 Å². The molecule has 7 heteroatoms. The molecule has 0 aromatic heterocycles. The Kier molecular flexibility index (Phi) is 4.77. The van der Waals surface area contributed by atoms with E-state index < -0.39 is 16.0 Å². The lowest BCUT2D eigenvalue weighted by Crippen LogP contribution is -2.10. The number of benzene rings is 1. The molecule has 0 saturated heterocycles. The number of carbonyl (C=O) groups excluding carboxylic acids is 1. The topological polar surface area (TPSA) is 72.5 Å². The van der Waals surface area contributed by atoms with Crippen molar-refractivity contribution in [3.05, 3.63) is 29.8 Å². The first-order chi connectivity index (χ1) is 7.92. The summed E-state index contributed by atoms with van der Waals surface area (Å²) in [5.41, 5.74) is 0.732. The number of alkyl halides is 1. The van der Waals surface area contributed by atoms with Gasteiger partial charge in [-0.2, -0.15) is 0 Å². The zero-order valence-electron chi connectivity index (χ0n) is 9.14. The van der Waals surface area contributed by atoms with Crippen molar-refractivity contribution in [2.24, 2.45) is 0 Å². The van der Waals surface area contributed by atoms with E-state index in [1.165, 1.54) is 24.3 Å². The Bertz CT molecular complexity index is 484. The molecule has 1 rings (SSSR count). The summed E-state index contributed by atoms with van der Waals surface area (Å²) >= 11 is 5.38. The lowest BCUT2D eigenvalue weighted by molar-refractivity contribution is 0.0529. The fourth-order valence-corrected chi connectivity index (χ4v) is 1.74. The van der Waals surface area contributed by atoms with Gasteiger partial charge in [0.1, 0.15) is 6.61 Å². The van der Waals surface area contributed by atoms with Crippen LogP contribution in [-0.2, 0) is 14.8 Å². The molecule has 0 atom stereocenters. The number of rotatable bonds is 5. The predicted octanol–water partition coefficient (Wildman–Crippen LogP) is 1.45. The Balaban J connectivity index is 2.71. The van der Waals surface area contributed by atoms with Crippen LogP contribution in [0.4, 0.5) is 5.69 Å². The molecule has 17 heavy (non-hydrogen) atoms. The van der Waals surface area contributed by atoms with Crippen molar-refractivity contribution in [1.29, 1.82) is 0 Å². The SMILES string of the molecule is CS(=O)(=O)Nc1ccc(C(=O)OCCCl)cc1. The molecule has 0 aliphatic rings. The highest BCUT2D eigenvalue weighted by Gasteiger charge is 2.07. The molecule has 94 valence electrons. The van der Waals surface area contributed by atoms with Gasteiger partial charge in [-0.25, -0.2) is 13.2 Å². The van der Waals surface area contributed by atoms with Crippen molar-refractivity contribution in [3.63, 3.8) is 0 Å². The Morgan fingerprint density at radius 1 is 1.35 bits per heavy atom. The van der Waals surface area contributed by atoms with Crippen molar-refractivity contribution >= 4 is 33.3 Å². The van der Waals surface area contributed by atoms with Gasteiger partial charge in [0.15, 0.2) is 0 Å². The fraction of sp³-hybridized carbons (Fsp3) is 0.300. The third-order valence-electron chi connectivity index (χ3n) is 1.73. The summed E-state index contributed by atoms with van der Waals surface area (Å²) in [4.78, 5) is 11.4. The van der Waals surface area contributed by atoms with Crippen molar-refractivity contribution in [2.75, 3.05) is 23.5 Å². The molecule has 1 aromatic carbocycles. The quantitative estimate of drug-likeness (QED) is 0.653.